The smallest absolute Gasteiger partial charge is 0.343 e. The van der Waals surface area contributed by atoms with Crippen LogP contribution in [0, 0.1) is 5.82 Å². The van der Waals surface area contributed by atoms with E-state index in [9.17, 15) is 17.6 Å². The highest BCUT2D eigenvalue weighted by Crippen LogP contribution is 2.29. The number of hydrogen-bond donors (Lipinski definition) is 0. The first-order chi connectivity index (χ1) is 14.9. The molecule has 0 atom stereocenters. The van der Waals surface area contributed by atoms with Gasteiger partial charge in [-0.2, -0.15) is 4.31 Å². The highest BCUT2D eigenvalue weighted by Gasteiger charge is 2.28. The maximum atomic E-state index is 13.8. The number of halogens is 1. The van der Waals surface area contributed by atoms with Crippen molar-refractivity contribution in [2.75, 3.05) is 13.7 Å². The van der Waals surface area contributed by atoms with Gasteiger partial charge in [-0.15, -0.1) is 0 Å². The van der Waals surface area contributed by atoms with Crippen LogP contribution in [0.2, 0.25) is 0 Å². The molecule has 3 aromatic rings. The van der Waals surface area contributed by atoms with Crippen molar-refractivity contribution in [3.8, 4) is 11.5 Å². The van der Waals surface area contributed by atoms with Gasteiger partial charge in [0.15, 0.2) is 11.6 Å². The minimum absolute atomic E-state index is 0.0432. The fourth-order valence-electron chi connectivity index (χ4n) is 2.98. The highest BCUT2D eigenvalue weighted by molar-refractivity contribution is 7.89. The van der Waals surface area contributed by atoms with E-state index in [-0.39, 0.29) is 35.0 Å². The zero-order valence-corrected chi connectivity index (χ0v) is 17.9. The van der Waals surface area contributed by atoms with Crippen molar-refractivity contribution < 1.29 is 27.1 Å². The number of ether oxygens (including phenoxy) is 2. The Morgan fingerprint density at radius 3 is 2.29 bits per heavy atom. The summed E-state index contributed by atoms with van der Waals surface area (Å²) in [7, 11) is -2.66. The van der Waals surface area contributed by atoms with E-state index in [0.29, 0.717) is 0 Å². The van der Waals surface area contributed by atoms with Crippen LogP contribution in [-0.4, -0.2) is 32.3 Å². The van der Waals surface area contributed by atoms with E-state index >= 15 is 0 Å². The van der Waals surface area contributed by atoms with Crippen molar-refractivity contribution in [1.82, 2.24) is 4.31 Å². The molecule has 0 unspecified atom stereocenters. The first-order valence-corrected chi connectivity index (χ1v) is 11.0. The first-order valence-electron chi connectivity index (χ1n) is 9.55. The molecule has 3 rings (SSSR count). The topological polar surface area (TPSA) is 72.9 Å². The van der Waals surface area contributed by atoms with E-state index in [0.717, 1.165) is 11.6 Å². The summed E-state index contributed by atoms with van der Waals surface area (Å²) in [6.45, 7) is 2.10. The van der Waals surface area contributed by atoms with Crippen LogP contribution in [0.25, 0.3) is 0 Å². The molecular formula is C23H22FNO5S. The fraction of sp³-hybridized carbons (Fsp3) is 0.174. The zero-order valence-electron chi connectivity index (χ0n) is 17.1. The molecule has 0 aliphatic carbocycles. The number of esters is 1. The van der Waals surface area contributed by atoms with Gasteiger partial charge in [-0.25, -0.2) is 17.6 Å². The molecule has 162 valence electrons. The third kappa shape index (κ3) is 5.10. The van der Waals surface area contributed by atoms with Crippen molar-refractivity contribution in [3.63, 3.8) is 0 Å². The van der Waals surface area contributed by atoms with Crippen LogP contribution in [0.5, 0.6) is 11.5 Å². The van der Waals surface area contributed by atoms with Crippen LogP contribution >= 0.6 is 0 Å². The molecule has 0 aromatic heterocycles. The Labute approximate surface area is 180 Å². The van der Waals surface area contributed by atoms with Gasteiger partial charge in [-0.1, -0.05) is 49.4 Å². The molecule has 0 amide bonds. The van der Waals surface area contributed by atoms with Gasteiger partial charge in [0.25, 0.3) is 0 Å². The summed E-state index contributed by atoms with van der Waals surface area (Å²) in [6, 6.07) is 18.6. The number of carbonyl (C=O) groups excluding carboxylic acids is 1. The quantitative estimate of drug-likeness (QED) is 0.384. The summed E-state index contributed by atoms with van der Waals surface area (Å²) in [5.74, 6) is -1.73. The monoisotopic (exact) mass is 443 g/mol. The number of rotatable bonds is 8. The summed E-state index contributed by atoms with van der Waals surface area (Å²) in [4.78, 5) is 12.4. The molecule has 6 nitrogen and oxygen atoms in total. The minimum atomic E-state index is -4.00. The lowest BCUT2D eigenvalue weighted by molar-refractivity contribution is 0.0727. The number of benzene rings is 3. The zero-order chi connectivity index (χ0) is 22.4. The predicted octanol–water partition coefficient (Wildman–Crippen LogP) is 4.26. The van der Waals surface area contributed by atoms with Gasteiger partial charge in [0.2, 0.25) is 10.0 Å². The number of carbonyl (C=O) groups is 1. The van der Waals surface area contributed by atoms with Crippen molar-refractivity contribution in [2.24, 2.45) is 0 Å². The van der Waals surface area contributed by atoms with Crippen LogP contribution in [0.15, 0.2) is 77.7 Å². The van der Waals surface area contributed by atoms with Gasteiger partial charge in [0, 0.05) is 13.1 Å². The Morgan fingerprint density at radius 2 is 1.65 bits per heavy atom. The van der Waals surface area contributed by atoms with Gasteiger partial charge < -0.3 is 9.47 Å². The summed E-state index contributed by atoms with van der Waals surface area (Å²) in [5.41, 5.74) is 0.778. The fourth-order valence-corrected chi connectivity index (χ4v) is 4.60. The third-order valence-corrected chi connectivity index (χ3v) is 6.55. The number of hydrogen-bond acceptors (Lipinski definition) is 5. The predicted molar refractivity (Wildman–Crippen MR) is 114 cm³/mol. The molecule has 0 spiro atoms. The molecule has 0 radical (unpaired) electrons. The summed E-state index contributed by atoms with van der Waals surface area (Å²) < 4.78 is 52.2. The first kappa shape index (κ1) is 22.5. The van der Waals surface area contributed by atoms with Gasteiger partial charge in [0.05, 0.1) is 12.7 Å². The maximum absolute atomic E-state index is 13.8. The molecule has 8 heteroatoms. The Balaban J connectivity index is 1.95. The molecule has 0 fully saturated rings. The molecule has 31 heavy (non-hydrogen) atoms. The molecule has 0 bridgehead atoms. The highest BCUT2D eigenvalue weighted by atomic mass is 32.2. The van der Waals surface area contributed by atoms with Crippen molar-refractivity contribution in [3.05, 3.63) is 89.7 Å². The second kappa shape index (κ2) is 9.72. The van der Waals surface area contributed by atoms with Crippen LogP contribution in [0.3, 0.4) is 0 Å². The molecule has 0 aliphatic heterocycles. The Bertz CT molecular complexity index is 1170. The van der Waals surface area contributed by atoms with Gasteiger partial charge in [-0.3, -0.25) is 0 Å². The maximum Gasteiger partial charge on any atom is 0.343 e. The molecule has 0 saturated carbocycles. The molecular weight excluding hydrogens is 421 g/mol. The summed E-state index contributed by atoms with van der Waals surface area (Å²) in [5, 5.41) is 0. The summed E-state index contributed by atoms with van der Waals surface area (Å²) >= 11 is 0. The number of nitrogens with zero attached hydrogens (tertiary/aromatic N) is 1. The lowest BCUT2D eigenvalue weighted by Gasteiger charge is -2.22. The van der Waals surface area contributed by atoms with E-state index in [1.165, 1.54) is 47.8 Å². The normalized spacial score (nSPS) is 11.4. The van der Waals surface area contributed by atoms with Gasteiger partial charge in [0.1, 0.15) is 10.6 Å². The van der Waals surface area contributed by atoms with E-state index < -0.39 is 21.8 Å². The van der Waals surface area contributed by atoms with E-state index in [4.69, 9.17) is 9.47 Å². The Kier molecular flexibility index (Phi) is 7.04. The van der Waals surface area contributed by atoms with Crippen molar-refractivity contribution in [2.45, 2.75) is 18.4 Å². The lowest BCUT2D eigenvalue weighted by atomic mass is 10.2. The van der Waals surface area contributed by atoms with Crippen LogP contribution in [0.1, 0.15) is 22.8 Å². The molecule has 3 aromatic carbocycles. The number of sulfonamides is 1. The van der Waals surface area contributed by atoms with Gasteiger partial charge >= 0.3 is 5.97 Å². The molecule has 0 saturated heterocycles. The molecule has 0 aliphatic rings. The third-order valence-electron chi connectivity index (χ3n) is 4.61. The number of methoxy groups -OCH3 is 1. The molecule has 0 N–H and O–H groups in total. The standard InChI is InChI=1S/C23H22FNO5S/c1-3-25(16-17-9-5-4-6-10-17)31(27,28)22-15-18(13-14-21(22)29-2)23(26)30-20-12-8-7-11-19(20)24/h4-15H,3,16H2,1-2H3. The largest absolute Gasteiger partial charge is 0.495 e. The Hall–Kier alpha value is -3.23. The SMILES string of the molecule is CCN(Cc1ccccc1)S(=O)(=O)c1cc(C(=O)Oc2ccccc2F)ccc1OC. The van der Waals surface area contributed by atoms with Crippen LogP contribution in [-0.2, 0) is 16.6 Å². The Morgan fingerprint density at radius 1 is 0.968 bits per heavy atom. The average Bonchev–Trinajstić information content (AvgIpc) is 2.79. The van der Waals surface area contributed by atoms with Crippen LogP contribution < -0.4 is 9.47 Å². The van der Waals surface area contributed by atoms with Crippen molar-refractivity contribution in [1.29, 1.82) is 0 Å². The average molecular weight is 443 g/mol. The van der Waals surface area contributed by atoms with E-state index in [1.54, 1.807) is 6.92 Å². The molecule has 0 heterocycles. The second-order valence-corrected chi connectivity index (χ2v) is 8.51. The van der Waals surface area contributed by atoms with Gasteiger partial charge in [-0.05, 0) is 35.9 Å². The number of para-hydroxylation sites is 1. The minimum Gasteiger partial charge on any atom is -0.495 e. The van der Waals surface area contributed by atoms with Crippen molar-refractivity contribution >= 4 is 16.0 Å². The van der Waals surface area contributed by atoms with E-state index in [2.05, 4.69) is 0 Å². The van der Waals surface area contributed by atoms with E-state index in [1.807, 2.05) is 30.3 Å². The van der Waals surface area contributed by atoms with Crippen LogP contribution in [0.4, 0.5) is 4.39 Å². The second-order valence-electron chi connectivity index (χ2n) is 6.60. The summed E-state index contributed by atoms with van der Waals surface area (Å²) in [6.07, 6.45) is 0. The lowest BCUT2D eigenvalue weighted by Crippen LogP contribution is -2.31.